The topological polar surface area (TPSA) is 53.7 Å². The van der Waals surface area contributed by atoms with Gasteiger partial charge in [-0.2, -0.15) is 0 Å². The van der Waals surface area contributed by atoms with E-state index in [0.717, 1.165) is 0 Å². The summed E-state index contributed by atoms with van der Waals surface area (Å²) in [6, 6.07) is 8.26. The first kappa shape index (κ1) is 18.4. The molecule has 2 N–H and O–H groups in total. The number of rotatable bonds is 5. The van der Waals surface area contributed by atoms with E-state index in [1.807, 2.05) is 0 Å². The Kier molecular flexibility index (Phi) is 5.61. The molecule has 0 radical (unpaired) electrons. The summed E-state index contributed by atoms with van der Waals surface area (Å²) in [6.07, 6.45) is -4.73. The second kappa shape index (κ2) is 7.31. The Labute approximate surface area is 145 Å². The van der Waals surface area contributed by atoms with Crippen LogP contribution in [0, 0.1) is 0 Å². The van der Waals surface area contributed by atoms with E-state index in [0.29, 0.717) is 27.1 Å². The summed E-state index contributed by atoms with van der Waals surface area (Å²) in [6.45, 7) is 0. The summed E-state index contributed by atoms with van der Waals surface area (Å²) >= 11 is 3.41. The first-order chi connectivity index (χ1) is 11.2. The molecule has 0 saturated carbocycles. The number of nitrogens with two attached hydrogens (primary N) is 1. The molecule has 0 saturated heterocycles. The minimum atomic E-state index is -4.73. The van der Waals surface area contributed by atoms with Crippen LogP contribution in [0.2, 0.25) is 0 Å². The van der Waals surface area contributed by atoms with Crippen molar-refractivity contribution >= 4 is 15.9 Å². The van der Waals surface area contributed by atoms with E-state index in [-0.39, 0.29) is 5.75 Å². The Balaban J connectivity index is 2.30. The molecular weight excluding hydrogens is 391 g/mol. The molecule has 0 heterocycles. The van der Waals surface area contributed by atoms with Gasteiger partial charge >= 0.3 is 6.36 Å². The molecule has 0 spiro atoms. The number of alkyl halides is 3. The van der Waals surface area contributed by atoms with Gasteiger partial charge in [0.2, 0.25) is 0 Å². The summed E-state index contributed by atoms with van der Waals surface area (Å²) in [7, 11) is 3.02. The molecule has 0 aliphatic rings. The summed E-state index contributed by atoms with van der Waals surface area (Å²) in [5.41, 5.74) is 7.55. The molecule has 0 aliphatic heterocycles. The molecular formula is C16H15BrF3NO3. The van der Waals surface area contributed by atoms with Gasteiger partial charge in [-0.1, -0.05) is 28.1 Å². The molecule has 1 atom stereocenters. The van der Waals surface area contributed by atoms with E-state index in [1.165, 1.54) is 38.5 Å². The molecule has 2 aromatic carbocycles. The highest BCUT2D eigenvalue weighted by atomic mass is 79.9. The highest BCUT2D eigenvalue weighted by molar-refractivity contribution is 9.10. The highest BCUT2D eigenvalue weighted by Crippen LogP contribution is 2.37. The molecule has 24 heavy (non-hydrogen) atoms. The van der Waals surface area contributed by atoms with E-state index in [2.05, 4.69) is 20.7 Å². The minimum absolute atomic E-state index is 0.301. The van der Waals surface area contributed by atoms with Gasteiger partial charge in [-0.05, 0) is 35.4 Å². The maximum Gasteiger partial charge on any atom is 0.573 e. The molecule has 2 aromatic rings. The molecule has 8 heteroatoms. The maximum absolute atomic E-state index is 12.2. The second-order valence-corrected chi connectivity index (χ2v) is 5.68. The van der Waals surface area contributed by atoms with Crippen molar-refractivity contribution in [2.75, 3.05) is 14.2 Å². The standard InChI is InChI=1S/C16H15BrF3NO3/c1-22-13-7-11(12(17)8-14(13)23-2)15(21)9-3-5-10(6-4-9)24-16(18,19)20/h3-8,15H,21H2,1-2H3/t15-/m0/s1. The fourth-order valence-corrected chi connectivity index (χ4v) is 2.73. The molecule has 0 fully saturated rings. The van der Waals surface area contributed by atoms with Crippen LogP contribution in [-0.2, 0) is 0 Å². The lowest BCUT2D eigenvalue weighted by molar-refractivity contribution is -0.274. The van der Waals surface area contributed by atoms with Crippen LogP contribution in [0.5, 0.6) is 17.2 Å². The highest BCUT2D eigenvalue weighted by Gasteiger charge is 2.31. The van der Waals surface area contributed by atoms with Gasteiger partial charge in [-0.3, -0.25) is 0 Å². The van der Waals surface area contributed by atoms with Gasteiger partial charge < -0.3 is 19.9 Å². The molecule has 0 aliphatic carbocycles. The van der Waals surface area contributed by atoms with Gasteiger partial charge in [0.05, 0.1) is 20.3 Å². The Morgan fingerprint density at radius 1 is 1.00 bits per heavy atom. The third kappa shape index (κ3) is 4.33. The number of benzene rings is 2. The molecule has 4 nitrogen and oxygen atoms in total. The largest absolute Gasteiger partial charge is 0.573 e. The first-order valence-corrected chi connectivity index (χ1v) is 7.57. The number of ether oxygens (including phenoxy) is 3. The van der Waals surface area contributed by atoms with Gasteiger partial charge in [0.1, 0.15) is 5.75 Å². The fourth-order valence-electron chi connectivity index (χ4n) is 2.16. The van der Waals surface area contributed by atoms with Crippen LogP contribution in [0.3, 0.4) is 0 Å². The van der Waals surface area contributed by atoms with E-state index in [9.17, 15) is 13.2 Å². The third-order valence-corrected chi connectivity index (χ3v) is 4.00. The van der Waals surface area contributed by atoms with Crippen molar-refractivity contribution in [3.63, 3.8) is 0 Å². The SMILES string of the molecule is COc1cc(Br)c([C@@H](N)c2ccc(OC(F)(F)F)cc2)cc1OC. The summed E-state index contributed by atoms with van der Waals surface area (Å²) in [5.74, 6) is 0.738. The Hall–Kier alpha value is -1.93. The molecule has 130 valence electrons. The van der Waals surface area contributed by atoms with Crippen LogP contribution in [0.15, 0.2) is 40.9 Å². The zero-order valence-electron chi connectivity index (χ0n) is 12.9. The minimum Gasteiger partial charge on any atom is -0.493 e. The molecule has 0 amide bonds. The van der Waals surface area contributed by atoms with Crippen molar-refractivity contribution in [1.82, 2.24) is 0 Å². The quantitative estimate of drug-likeness (QED) is 0.799. The van der Waals surface area contributed by atoms with Crippen LogP contribution in [0.4, 0.5) is 13.2 Å². The Bertz CT molecular complexity index is 705. The van der Waals surface area contributed by atoms with E-state index in [4.69, 9.17) is 15.2 Å². The van der Waals surface area contributed by atoms with Crippen molar-refractivity contribution in [2.45, 2.75) is 12.4 Å². The van der Waals surface area contributed by atoms with Crippen LogP contribution in [0.25, 0.3) is 0 Å². The lowest BCUT2D eigenvalue weighted by Gasteiger charge is -2.18. The zero-order valence-corrected chi connectivity index (χ0v) is 14.4. The number of methoxy groups -OCH3 is 2. The van der Waals surface area contributed by atoms with E-state index >= 15 is 0 Å². The monoisotopic (exact) mass is 405 g/mol. The van der Waals surface area contributed by atoms with Gasteiger partial charge in [0.25, 0.3) is 0 Å². The van der Waals surface area contributed by atoms with Crippen LogP contribution in [-0.4, -0.2) is 20.6 Å². The average Bonchev–Trinajstić information content (AvgIpc) is 2.53. The second-order valence-electron chi connectivity index (χ2n) is 4.82. The summed E-state index contributed by atoms with van der Waals surface area (Å²) in [5, 5.41) is 0. The summed E-state index contributed by atoms with van der Waals surface area (Å²) in [4.78, 5) is 0. The van der Waals surface area contributed by atoms with Gasteiger partial charge in [-0.25, -0.2) is 0 Å². The smallest absolute Gasteiger partial charge is 0.493 e. The van der Waals surface area contributed by atoms with Crippen molar-refractivity contribution in [3.8, 4) is 17.2 Å². The summed E-state index contributed by atoms with van der Waals surface area (Å²) < 4.78 is 51.6. The predicted octanol–water partition coefficient (Wildman–Crippen LogP) is 4.41. The molecule has 0 bridgehead atoms. The van der Waals surface area contributed by atoms with E-state index < -0.39 is 12.4 Å². The number of hydrogen-bond donors (Lipinski definition) is 1. The van der Waals surface area contributed by atoms with Crippen molar-refractivity contribution in [1.29, 1.82) is 0 Å². The van der Waals surface area contributed by atoms with Crippen LogP contribution >= 0.6 is 15.9 Å². The lowest BCUT2D eigenvalue weighted by atomic mass is 9.99. The number of hydrogen-bond acceptors (Lipinski definition) is 4. The van der Waals surface area contributed by atoms with Crippen molar-refractivity contribution < 1.29 is 27.4 Å². The van der Waals surface area contributed by atoms with Crippen molar-refractivity contribution in [2.24, 2.45) is 5.73 Å². The van der Waals surface area contributed by atoms with E-state index in [1.54, 1.807) is 12.1 Å². The maximum atomic E-state index is 12.2. The predicted molar refractivity (Wildman–Crippen MR) is 86.4 cm³/mol. The van der Waals surface area contributed by atoms with Gasteiger partial charge in [0.15, 0.2) is 11.5 Å². The normalized spacial score (nSPS) is 12.6. The molecule has 0 unspecified atom stereocenters. The third-order valence-electron chi connectivity index (χ3n) is 3.31. The zero-order chi connectivity index (χ0) is 17.9. The molecule has 2 rings (SSSR count). The van der Waals surface area contributed by atoms with Gasteiger partial charge in [0, 0.05) is 4.47 Å². The van der Waals surface area contributed by atoms with Crippen LogP contribution < -0.4 is 19.9 Å². The van der Waals surface area contributed by atoms with Gasteiger partial charge in [-0.15, -0.1) is 13.2 Å². The number of halogens is 4. The molecule has 0 aromatic heterocycles. The van der Waals surface area contributed by atoms with Crippen LogP contribution in [0.1, 0.15) is 17.2 Å². The average molecular weight is 406 g/mol. The fraction of sp³-hybridized carbons (Fsp3) is 0.250. The Morgan fingerprint density at radius 3 is 2.04 bits per heavy atom. The Morgan fingerprint density at radius 2 is 1.54 bits per heavy atom. The van der Waals surface area contributed by atoms with Crippen molar-refractivity contribution in [3.05, 3.63) is 52.0 Å². The first-order valence-electron chi connectivity index (χ1n) is 6.78. The lowest BCUT2D eigenvalue weighted by Crippen LogP contribution is -2.17.